The highest BCUT2D eigenvalue weighted by atomic mass is 16.5. The average molecular weight is 610 g/mol. The maximum atomic E-state index is 13.7. The molecule has 7 heteroatoms. The van der Waals surface area contributed by atoms with Gasteiger partial charge in [-0.3, -0.25) is 14.9 Å². The summed E-state index contributed by atoms with van der Waals surface area (Å²) in [7, 11) is 4.56. The Morgan fingerprint density at radius 3 is 1.80 bits per heavy atom. The van der Waals surface area contributed by atoms with Gasteiger partial charge in [-0.1, -0.05) is 127 Å². The first kappa shape index (κ1) is 30.5. The molecule has 1 aromatic heterocycles. The number of hydrogen-bond donors (Lipinski definition) is 1. The first-order valence-electron chi connectivity index (χ1n) is 15.1. The molecule has 1 atom stereocenters. The highest BCUT2D eigenvalue weighted by Gasteiger charge is 2.40. The summed E-state index contributed by atoms with van der Waals surface area (Å²) in [6.45, 7) is 0. The van der Waals surface area contributed by atoms with Crippen LogP contribution in [0.5, 0.6) is 5.75 Å². The van der Waals surface area contributed by atoms with Crippen molar-refractivity contribution in [1.29, 1.82) is 0 Å². The van der Waals surface area contributed by atoms with Gasteiger partial charge in [0.2, 0.25) is 0 Å². The highest BCUT2D eigenvalue weighted by Crippen LogP contribution is 2.39. The zero-order chi connectivity index (χ0) is 32.1. The van der Waals surface area contributed by atoms with E-state index < -0.39 is 11.6 Å². The molecular formula is C39H35N3O4. The van der Waals surface area contributed by atoms with Gasteiger partial charge in [0.1, 0.15) is 6.04 Å². The van der Waals surface area contributed by atoms with Crippen LogP contribution in [0.3, 0.4) is 0 Å². The Kier molecular flexibility index (Phi) is 8.76. The fourth-order valence-electron chi connectivity index (χ4n) is 6.31. The molecule has 6 rings (SSSR count). The number of aryl methyl sites for hydroxylation is 1. The highest BCUT2D eigenvalue weighted by molar-refractivity contribution is 5.99. The molecule has 1 N–H and O–H groups in total. The van der Waals surface area contributed by atoms with E-state index in [9.17, 15) is 9.59 Å². The van der Waals surface area contributed by atoms with Gasteiger partial charge in [0.15, 0.2) is 5.75 Å². The number of hydrogen-bond acceptors (Lipinski definition) is 6. The predicted octanol–water partition coefficient (Wildman–Crippen LogP) is 6.27. The number of aromatic nitrogens is 2. The second kappa shape index (κ2) is 13.2. The smallest absolute Gasteiger partial charge is 0.323 e. The third-order valence-electron chi connectivity index (χ3n) is 8.53. The van der Waals surface area contributed by atoms with E-state index in [4.69, 9.17) is 9.47 Å². The summed E-state index contributed by atoms with van der Waals surface area (Å²) in [6.07, 6.45) is 1.88. The first-order chi connectivity index (χ1) is 22.5. The molecular weight excluding hydrogens is 574 g/mol. The molecule has 5 aromatic carbocycles. The number of methoxy groups -OCH3 is 2. The molecule has 0 saturated carbocycles. The van der Waals surface area contributed by atoms with Gasteiger partial charge in [-0.2, -0.15) is 5.10 Å². The third-order valence-corrected chi connectivity index (χ3v) is 8.53. The molecule has 0 saturated heterocycles. The van der Waals surface area contributed by atoms with Gasteiger partial charge in [0.05, 0.1) is 31.5 Å². The van der Waals surface area contributed by atoms with E-state index in [0.717, 1.165) is 38.6 Å². The summed E-state index contributed by atoms with van der Waals surface area (Å²) in [5.41, 5.74) is 3.91. The molecule has 46 heavy (non-hydrogen) atoms. The van der Waals surface area contributed by atoms with Crippen LogP contribution in [0.4, 0.5) is 0 Å². The number of nitrogens with zero attached hydrogens (tertiary/aromatic N) is 2. The number of esters is 1. The Morgan fingerprint density at radius 2 is 1.28 bits per heavy atom. The monoisotopic (exact) mass is 609 g/mol. The van der Waals surface area contributed by atoms with Crippen LogP contribution in [0.15, 0.2) is 138 Å². The minimum Gasteiger partial charge on any atom is -0.494 e. The molecule has 0 aliphatic carbocycles. The van der Waals surface area contributed by atoms with Gasteiger partial charge in [-0.25, -0.2) is 4.68 Å². The SMILES string of the molecule is COC(=O)C(Cc1ccc(-c2c(OC)cnn(C)c2=O)c2ccccc12)NC(c1ccccc1)(c1ccccc1)c1ccccc1. The Hall–Kier alpha value is -5.53. The standard InChI is InChI=1S/C39H35N3O4/c1-42-37(43)36(35(45-2)26-40-42)33-24-23-27(31-21-13-14-22-32(31)33)25-34(38(44)46-3)41-39(28-15-7-4-8-16-28,29-17-9-5-10-18-29)30-19-11-6-12-20-30/h4-24,26,34,41H,25H2,1-3H3. The summed E-state index contributed by atoms with van der Waals surface area (Å²) < 4.78 is 12.3. The number of benzene rings is 5. The summed E-state index contributed by atoms with van der Waals surface area (Å²) in [6, 6.07) is 41.5. The Bertz CT molecular complexity index is 1930. The predicted molar refractivity (Wildman–Crippen MR) is 181 cm³/mol. The van der Waals surface area contributed by atoms with Gasteiger partial charge in [0, 0.05) is 7.05 Å². The van der Waals surface area contributed by atoms with Crippen LogP contribution in [0.25, 0.3) is 21.9 Å². The minimum absolute atomic E-state index is 0.260. The van der Waals surface area contributed by atoms with Crippen LogP contribution < -0.4 is 15.6 Å². The quantitative estimate of drug-likeness (QED) is 0.146. The summed E-state index contributed by atoms with van der Waals surface area (Å²) in [5, 5.41) is 9.72. The topological polar surface area (TPSA) is 82.5 Å². The molecule has 6 aromatic rings. The summed E-state index contributed by atoms with van der Waals surface area (Å²) >= 11 is 0. The van der Waals surface area contributed by atoms with Crippen LogP contribution in [-0.2, 0) is 28.5 Å². The zero-order valence-electron chi connectivity index (χ0n) is 26.0. The molecule has 0 amide bonds. The number of carbonyl (C=O) groups is 1. The zero-order valence-corrected chi connectivity index (χ0v) is 26.0. The number of nitrogens with one attached hydrogen (secondary N) is 1. The van der Waals surface area contributed by atoms with Crippen LogP contribution in [0.1, 0.15) is 22.3 Å². The number of carbonyl (C=O) groups excluding carboxylic acids is 1. The van der Waals surface area contributed by atoms with Crippen LogP contribution in [0, 0.1) is 0 Å². The maximum absolute atomic E-state index is 13.7. The average Bonchev–Trinajstić information content (AvgIpc) is 3.12. The van der Waals surface area contributed by atoms with E-state index in [1.54, 1.807) is 13.2 Å². The summed E-state index contributed by atoms with van der Waals surface area (Å²) in [4.78, 5) is 27.0. The van der Waals surface area contributed by atoms with Crippen molar-refractivity contribution in [3.05, 3.63) is 166 Å². The Balaban J connectivity index is 1.52. The number of fused-ring (bicyclic) bond motifs is 1. The second-order valence-corrected chi connectivity index (χ2v) is 11.1. The van der Waals surface area contributed by atoms with Crippen molar-refractivity contribution in [2.45, 2.75) is 18.0 Å². The molecule has 7 nitrogen and oxygen atoms in total. The van der Waals surface area contributed by atoms with Crippen molar-refractivity contribution in [2.24, 2.45) is 7.05 Å². The van der Waals surface area contributed by atoms with Gasteiger partial charge in [-0.15, -0.1) is 0 Å². The normalized spacial score (nSPS) is 12.1. The lowest BCUT2D eigenvalue weighted by Crippen LogP contribution is -2.53. The summed E-state index contributed by atoms with van der Waals surface area (Å²) in [5.74, 6) is 0.0125. The first-order valence-corrected chi connectivity index (χ1v) is 15.1. The van der Waals surface area contributed by atoms with E-state index in [1.165, 1.54) is 18.9 Å². The minimum atomic E-state index is -0.880. The lowest BCUT2D eigenvalue weighted by atomic mass is 9.76. The van der Waals surface area contributed by atoms with E-state index in [1.807, 2.05) is 91.0 Å². The molecule has 1 heterocycles. The van der Waals surface area contributed by atoms with Crippen molar-refractivity contribution < 1.29 is 14.3 Å². The second-order valence-electron chi connectivity index (χ2n) is 11.1. The van der Waals surface area contributed by atoms with Gasteiger partial charge in [0.25, 0.3) is 5.56 Å². The van der Waals surface area contributed by atoms with Crippen LogP contribution >= 0.6 is 0 Å². The third kappa shape index (κ3) is 5.57. The lowest BCUT2D eigenvalue weighted by Gasteiger charge is -2.39. The molecule has 230 valence electrons. The van der Waals surface area contributed by atoms with Gasteiger partial charge in [-0.05, 0) is 45.0 Å². The molecule has 0 radical (unpaired) electrons. The van der Waals surface area contributed by atoms with Crippen molar-refractivity contribution in [3.63, 3.8) is 0 Å². The fourth-order valence-corrected chi connectivity index (χ4v) is 6.31. The Labute approximate surface area is 268 Å². The van der Waals surface area contributed by atoms with E-state index >= 15 is 0 Å². The van der Waals surface area contributed by atoms with E-state index in [2.05, 4.69) is 46.8 Å². The fraction of sp³-hybridized carbons (Fsp3) is 0.154. The molecule has 0 aliphatic rings. The number of rotatable bonds is 10. The molecule has 0 bridgehead atoms. The van der Waals surface area contributed by atoms with Gasteiger partial charge >= 0.3 is 5.97 Å². The largest absolute Gasteiger partial charge is 0.494 e. The molecule has 1 unspecified atom stereocenters. The van der Waals surface area contributed by atoms with Gasteiger partial charge < -0.3 is 9.47 Å². The van der Waals surface area contributed by atoms with Crippen molar-refractivity contribution in [2.75, 3.05) is 14.2 Å². The lowest BCUT2D eigenvalue weighted by molar-refractivity contribution is -0.143. The molecule has 0 fully saturated rings. The van der Waals surface area contributed by atoms with Crippen LogP contribution in [-0.4, -0.2) is 36.0 Å². The maximum Gasteiger partial charge on any atom is 0.323 e. The molecule has 0 spiro atoms. The van der Waals surface area contributed by atoms with Crippen molar-refractivity contribution in [3.8, 4) is 16.9 Å². The number of ether oxygens (including phenoxy) is 2. The van der Waals surface area contributed by atoms with E-state index in [0.29, 0.717) is 17.7 Å². The van der Waals surface area contributed by atoms with Crippen molar-refractivity contribution >= 4 is 16.7 Å². The van der Waals surface area contributed by atoms with E-state index in [-0.39, 0.29) is 11.5 Å². The molecule has 0 aliphatic heterocycles. The van der Waals surface area contributed by atoms with Crippen LogP contribution in [0.2, 0.25) is 0 Å². The van der Waals surface area contributed by atoms with Crippen molar-refractivity contribution in [1.82, 2.24) is 15.1 Å². The Morgan fingerprint density at radius 1 is 0.761 bits per heavy atom.